The molecule has 5 nitrogen and oxygen atoms in total. The van der Waals surface area contributed by atoms with Gasteiger partial charge in [0.2, 0.25) is 5.91 Å². The number of hydrogen-bond donors (Lipinski definition) is 0. The van der Waals surface area contributed by atoms with Gasteiger partial charge in [0, 0.05) is 26.2 Å². The Hall–Kier alpha value is -2.28. The maximum Gasteiger partial charge on any atom is 0.233 e. The summed E-state index contributed by atoms with van der Waals surface area (Å²) in [6.07, 6.45) is 1.33. The van der Waals surface area contributed by atoms with Crippen LogP contribution in [0.4, 0.5) is 5.13 Å². The number of morpholine rings is 1. The number of carbonyl (C=O) groups excluding carboxylic acids is 1. The van der Waals surface area contributed by atoms with E-state index in [1.54, 1.807) is 11.3 Å². The van der Waals surface area contributed by atoms with Crippen LogP contribution in [0.25, 0.3) is 10.2 Å². The lowest BCUT2D eigenvalue weighted by Crippen LogP contribution is -2.39. The minimum atomic E-state index is 0.118. The molecule has 1 amide bonds. The third-order valence-corrected chi connectivity index (χ3v) is 6.99. The van der Waals surface area contributed by atoms with Gasteiger partial charge in [-0.05, 0) is 49.9 Å². The largest absolute Gasteiger partial charge is 0.379 e. The normalized spacial score (nSPS) is 14.8. The van der Waals surface area contributed by atoms with Crippen molar-refractivity contribution >= 4 is 32.6 Å². The van der Waals surface area contributed by atoms with Gasteiger partial charge in [0.15, 0.2) is 5.13 Å². The number of aryl methyl sites for hydroxylation is 3. The SMILES string of the molecule is Cc1ccc(C)c(CC(=O)N(CCCN2CCOCC2)c2nc3c(C)cccc3s2)c1. The van der Waals surface area contributed by atoms with E-state index < -0.39 is 0 Å². The lowest BCUT2D eigenvalue weighted by atomic mass is 10.0. The average molecular weight is 438 g/mol. The Morgan fingerprint density at radius 1 is 1.13 bits per heavy atom. The summed E-state index contributed by atoms with van der Waals surface area (Å²) in [5.74, 6) is 0.118. The second-order valence-corrected chi connectivity index (χ2v) is 9.39. The molecule has 1 aliphatic rings. The predicted octanol–water partition coefficient (Wildman–Crippen LogP) is 4.52. The maximum absolute atomic E-state index is 13.5. The third-order valence-electron chi connectivity index (χ3n) is 5.95. The first-order valence-corrected chi connectivity index (χ1v) is 11.9. The zero-order valence-electron chi connectivity index (χ0n) is 18.7. The Bertz CT molecular complexity index is 1060. The molecule has 1 aliphatic heterocycles. The zero-order valence-corrected chi connectivity index (χ0v) is 19.5. The van der Waals surface area contributed by atoms with Crippen molar-refractivity contribution in [3.8, 4) is 0 Å². The summed E-state index contributed by atoms with van der Waals surface area (Å²) in [7, 11) is 0. The molecule has 4 rings (SSSR count). The molecule has 3 aromatic rings. The first-order valence-electron chi connectivity index (χ1n) is 11.0. The fourth-order valence-corrected chi connectivity index (χ4v) is 5.13. The first-order chi connectivity index (χ1) is 15.0. The molecule has 31 heavy (non-hydrogen) atoms. The van der Waals surface area contributed by atoms with Crippen LogP contribution in [0.15, 0.2) is 36.4 Å². The molecule has 0 saturated carbocycles. The lowest BCUT2D eigenvalue weighted by molar-refractivity contribution is -0.118. The molecule has 6 heteroatoms. The minimum Gasteiger partial charge on any atom is -0.379 e. The summed E-state index contributed by atoms with van der Waals surface area (Å²) in [5, 5.41) is 0.807. The molecule has 2 heterocycles. The number of hydrogen-bond acceptors (Lipinski definition) is 5. The van der Waals surface area contributed by atoms with Gasteiger partial charge in [-0.3, -0.25) is 14.6 Å². The van der Waals surface area contributed by atoms with E-state index in [0.717, 1.165) is 71.3 Å². The third kappa shape index (κ3) is 5.32. The smallest absolute Gasteiger partial charge is 0.233 e. The molecule has 2 aromatic carbocycles. The molecule has 0 spiro atoms. The van der Waals surface area contributed by atoms with Gasteiger partial charge in [-0.15, -0.1) is 0 Å². The highest BCUT2D eigenvalue weighted by Gasteiger charge is 2.21. The van der Waals surface area contributed by atoms with Crippen molar-refractivity contribution in [1.82, 2.24) is 9.88 Å². The minimum absolute atomic E-state index is 0.118. The van der Waals surface area contributed by atoms with Crippen molar-refractivity contribution in [2.24, 2.45) is 0 Å². The summed E-state index contributed by atoms with van der Waals surface area (Å²) in [5.41, 5.74) is 5.59. The Morgan fingerprint density at radius 3 is 2.71 bits per heavy atom. The highest BCUT2D eigenvalue weighted by Crippen LogP contribution is 2.31. The molecule has 0 unspecified atom stereocenters. The van der Waals surface area contributed by atoms with Crippen LogP contribution in [0.3, 0.4) is 0 Å². The van der Waals surface area contributed by atoms with Crippen LogP contribution in [-0.2, 0) is 16.0 Å². The van der Waals surface area contributed by atoms with Gasteiger partial charge in [0.25, 0.3) is 0 Å². The van der Waals surface area contributed by atoms with Crippen molar-refractivity contribution in [2.45, 2.75) is 33.6 Å². The van der Waals surface area contributed by atoms with Crippen molar-refractivity contribution in [3.05, 3.63) is 58.7 Å². The standard InChI is InChI=1S/C25H31N3O2S/c1-18-8-9-19(2)21(16-18)17-23(29)28(11-5-10-27-12-14-30-15-13-27)25-26-24-20(3)6-4-7-22(24)31-25/h4,6-9,16H,5,10-15,17H2,1-3H3. The molecule has 0 radical (unpaired) electrons. The number of carbonyl (C=O) groups is 1. The number of thiazole rings is 1. The van der Waals surface area contributed by atoms with E-state index in [-0.39, 0.29) is 5.91 Å². The second kappa shape index (κ2) is 9.90. The van der Waals surface area contributed by atoms with E-state index in [9.17, 15) is 4.79 Å². The summed E-state index contributed by atoms with van der Waals surface area (Å²) < 4.78 is 6.58. The van der Waals surface area contributed by atoms with Gasteiger partial charge >= 0.3 is 0 Å². The average Bonchev–Trinajstić information content (AvgIpc) is 3.20. The molecule has 1 saturated heterocycles. The van der Waals surface area contributed by atoms with Gasteiger partial charge in [0.05, 0.1) is 29.9 Å². The monoisotopic (exact) mass is 437 g/mol. The Kier molecular flexibility index (Phi) is 7.00. The number of para-hydroxylation sites is 1. The summed E-state index contributed by atoms with van der Waals surface area (Å²) in [4.78, 5) is 22.7. The van der Waals surface area contributed by atoms with Crippen LogP contribution in [0.2, 0.25) is 0 Å². The molecular weight excluding hydrogens is 406 g/mol. The van der Waals surface area contributed by atoms with E-state index >= 15 is 0 Å². The highest BCUT2D eigenvalue weighted by molar-refractivity contribution is 7.22. The van der Waals surface area contributed by atoms with Crippen LogP contribution < -0.4 is 4.90 Å². The van der Waals surface area contributed by atoms with E-state index in [0.29, 0.717) is 13.0 Å². The fraction of sp³-hybridized carbons (Fsp3) is 0.440. The number of ether oxygens (including phenoxy) is 1. The van der Waals surface area contributed by atoms with Crippen LogP contribution >= 0.6 is 11.3 Å². The molecule has 164 valence electrons. The van der Waals surface area contributed by atoms with Crippen molar-refractivity contribution < 1.29 is 9.53 Å². The van der Waals surface area contributed by atoms with Gasteiger partial charge in [0.1, 0.15) is 0 Å². The van der Waals surface area contributed by atoms with Gasteiger partial charge in [-0.25, -0.2) is 4.98 Å². The van der Waals surface area contributed by atoms with Gasteiger partial charge in [-0.2, -0.15) is 0 Å². The van der Waals surface area contributed by atoms with Crippen molar-refractivity contribution in [2.75, 3.05) is 44.3 Å². The molecule has 0 bridgehead atoms. The summed E-state index contributed by atoms with van der Waals surface area (Å²) in [6.45, 7) is 11.4. The van der Waals surface area contributed by atoms with Crippen LogP contribution in [0, 0.1) is 20.8 Å². The lowest BCUT2D eigenvalue weighted by Gasteiger charge is -2.28. The number of aromatic nitrogens is 1. The number of nitrogens with zero attached hydrogens (tertiary/aromatic N) is 3. The second-order valence-electron chi connectivity index (χ2n) is 8.38. The first kappa shape index (κ1) is 21.9. The van der Waals surface area contributed by atoms with Crippen molar-refractivity contribution in [3.63, 3.8) is 0 Å². The van der Waals surface area contributed by atoms with Crippen LogP contribution in [0.5, 0.6) is 0 Å². The molecule has 1 aromatic heterocycles. The molecule has 0 aliphatic carbocycles. The maximum atomic E-state index is 13.5. The fourth-order valence-electron chi connectivity index (χ4n) is 4.04. The van der Waals surface area contributed by atoms with Crippen LogP contribution in [-0.4, -0.2) is 55.2 Å². The summed E-state index contributed by atoms with van der Waals surface area (Å²) in [6, 6.07) is 12.5. The Labute approximate surface area is 188 Å². The quantitative estimate of drug-likeness (QED) is 0.545. The predicted molar refractivity (Wildman–Crippen MR) is 128 cm³/mol. The van der Waals surface area contributed by atoms with Gasteiger partial charge < -0.3 is 4.74 Å². The number of fused-ring (bicyclic) bond motifs is 1. The Balaban J connectivity index is 1.55. The molecular formula is C25H31N3O2S. The highest BCUT2D eigenvalue weighted by atomic mass is 32.1. The number of amides is 1. The van der Waals surface area contributed by atoms with E-state index in [1.807, 2.05) is 4.90 Å². The number of anilines is 1. The van der Waals surface area contributed by atoms with E-state index in [2.05, 4.69) is 62.1 Å². The van der Waals surface area contributed by atoms with E-state index in [1.165, 1.54) is 5.56 Å². The van der Waals surface area contributed by atoms with Crippen molar-refractivity contribution in [1.29, 1.82) is 0 Å². The van der Waals surface area contributed by atoms with Gasteiger partial charge in [-0.1, -0.05) is 47.2 Å². The van der Waals surface area contributed by atoms with Crippen LogP contribution in [0.1, 0.15) is 28.7 Å². The topological polar surface area (TPSA) is 45.7 Å². The molecule has 1 fully saturated rings. The summed E-state index contributed by atoms with van der Waals surface area (Å²) >= 11 is 1.61. The van der Waals surface area contributed by atoms with E-state index in [4.69, 9.17) is 9.72 Å². The molecule has 0 N–H and O–H groups in total. The Morgan fingerprint density at radius 2 is 1.94 bits per heavy atom. The zero-order chi connectivity index (χ0) is 21.8. The molecule has 0 atom stereocenters. The number of benzene rings is 2. The number of rotatable bonds is 7.